The zero-order chi connectivity index (χ0) is 12.5. The van der Waals surface area contributed by atoms with Crippen molar-refractivity contribution >= 4 is 0 Å². The predicted octanol–water partition coefficient (Wildman–Crippen LogP) is 4.14. The molecule has 0 saturated heterocycles. The molecule has 0 aromatic heterocycles. The van der Waals surface area contributed by atoms with Crippen LogP contribution >= 0.6 is 0 Å². The van der Waals surface area contributed by atoms with Crippen molar-refractivity contribution in [1.82, 2.24) is 0 Å². The second-order valence-corrected chi connectivity index (χ2v) is 6.43. The maximum Gasteiger partial charge on any atom is 0.248 e. The fraction of sp³-hybridized carbons (Fsp3) is 1.00. The number of halogens is 2. The van der Waals surface area contributed by atoms with Crippen molar-refractivity contribution < 1.29 is 13.9 Å². The Kier molecular flexibility index (Phi) is 3.77. The van der Waals surface area contributed by atoms with Gasteiger partial charge in [-0.25, -0.2) is 8.78 Å². The molecule has 0 bridgehead atoms. The first-order chi connectivity index (χ1) is 7.91. The molecule has 1 N–H and O–H groups in total. The lowest BCUT2D eigenvalue weighted by Crippen LogP contribution is -2.34. The lowest BCUT2D eigenvalue weighted by molar-refractivity contribution is -0.0671. The highest BCUT2D eigenvalue weighted by atomic mass is 19.3. The van der Waals surface area contributed by atoms with Crippen LogP contribution in [0.25, 0.3) is 0 Å². The molecule has 0 spiro atoms. The molecule has 0 aromatic carbocycles. The number of hydrogen-bond acceptors (Lipinski definition) is 1. The minimum Gasteiger partial charge on any atom is -0.393 e. The summed E-state index contributed by atoms with van der Waals surface area (Å²) in [5.74, 6) is -2.47. The predicted molar refractivity (Wildman–Crippen MR) is 64.1 cm³/mol. The van der Waals surface area contributed by atoms with E-state index < -0.39 is 5.92 Å². The van der Waals surface area contributed by atoms with Crippen molar-refractivity contribution in [3.63, 3.8) is 0 Å². The molecule has 2 saturated carbocycles. The molecule has 2 fully saturated rings. The average Bonchev–Trinajstić information content (AvgIpc) is 2.65. The molecular weight excluding hydrogens is 222 g/mol. The van der Waals surface area contributed by atoms with Gasteiger partial charge < -0.3 is 5.11 Å². The molecule has 17 heavy (non-hydrogen) atoms. The standard InChI is InChI=1S/C14H24F2O/c1-13(6-2-3-7-13)12(17)9-11-5-4-8-14(15,16)10-11/h11-12,17H,2-10H2,1H3. The summed E-state index contributed by atoms with van der Waals surface area (Å²) in [5.41, 5.74) is -0.00721. The van der Waals surface area contributed by atoms with Gasteiger partial charge in [-0.1, -0.05) is 19.8 Å². The van der Waals surface area contributed by atoms with Crippen LogP contribution in [0.3, 0.4) is 0 Å². The van der Waals surface area contributed by atoms with Gasteiger partial charge in [0.15, 0.2) is 0 Å². The van der Waals surface area contributed by atoms with E-state index in [0.29, 0.717) is 12.8 Å². The topological polar surface area (TPSA) is 20.2 Å². The van der Waals surface area contributed by atoms with Crippen LogP contribution in [-0.4, -0.2) is 17.1 Å². The lowest BCUT2D eigenvalue weighted by Gasteiger charge is -2.35. The normalized spacial score (nSPS) is 33.5. The SMILES string of the molecule is CC1(C(O)CC2CCCC(F)(F)C2)CCCC1. The molecule has 3 heteroatoms. The third-order valence-electron chi connectivity index (χ3n) is 4.85. The van der Waals surface area contributed by atoms with E-state index in [-0.39, 0.29) is 30.3 Å². The molecule has 0 radical (unpaired) electrons. The first-order valence-electron chi connectivity index (χ1n) is 6.97. The van der Waals surface area contributed by atoms with Crippen LogP contribution < -0.4 is 0 Å². The first-order valence-corrected chi connectivity index (χ1v) is 6.97. The van der Waals surface area contributed by atoms with E-state index in [1.54, 1.807) is 0 Å². The van der Waals surface area contributed by atoms with Gasteiger partial charge in [0.2, 0.25) is 5.92 Å². The Balaban J connectivity index is 1.87. The highest BCUT2D eigenvalue weighted by Crippen LogP contribution is 2.45. The van der Waals surface area contributed by atoms with Crippen LogP contribution in [0.2, 0.25) is 0 Å². The second kappa shape index (κ2) is 4.83. The zero-order valence-corrected chi connectivity index (χ0v) is 10.7. The van der Waals surface area contributed by atoms with Crippen molar-refractivity contribution in [3.8, 4) is 0 Å². The highest BCUT2D eigenvalue weighted by Gasteiger charge is 2.41. The maximum absolute atomic E-state index is 13.3. The van der Waals surface area contributed by atoms with Crippen LogP contribution in [0, 0.1) is 11.3 Å². The fourth-order valence-corrected chi connectivity index (χ4v) is 3.59. The van der Waals surface area contributed by atoms with E-state index in [1.165, 1.54) is 12.8 Å². The lowest BCUT2D eigenvalue weighted by atomic mass is 9.75. The van der Waals surface area contributed by atoms with E-state index in [4.69, 9.17) is 0 Å². The molecule has 2 aliphatic rings. The van der Waals surface area contributed by atoms with Crippen molar-refractivity contribution in [2.24, 2.45) is 11.3 Å². The summed E-state index contributed by atoms with van der Waals surface area (Å²) in [5, 5.41) is 10.3. The first kappa shape index (κ1) is 13.3. The molecule has 2 rings (SSSR count). The number of alkyl halides is 2. The monoisotopic (exact) mass is 246 g/mol. The molecule has 1 nitrogen and oxygen atoms in total. The maximum atomic E-state index is 13.3. The third-order valence-corrected chi connectivity index (χ3v) is 4.85. The van der Waals surface area contributed by atoms with Gasteiger partial charge in [0.1, 0.15) is 0 Å². The van der Waals surface area contributed by atoms with Gasteiger partial charge in [0, 0.05) is 12.8 Å². The van der Waals surface area contributed by atoms with E-state index in [0.717, 1.165) is 19.3 Å². The molecule has 100 valence electrons. The summed E-state index contributed by atoms with van der Waals surface area (Å²) < 4.78 is 26.6. The summed E-state index contributed by atoms with van der Waals surface area (Å²) in [6, 6.07) is 0. The van der Waals surface area contributed by atoms with Gasteiger partial charge in [0.05, 0.1) is 6.10 Å². The van der Waals surface area contributed by atoms with Gasteiger partial charge >= 0.3 is 0 Å². The second-order valence-electron chi connectivity index (χ2n) is 6.43. The van der Waals surface area contributed by atoms with Gasteiger partial charge in [-0.3, -0.25) is 0 Å². The van der Waals surface area contributed by atoms with Crippen LogP contribution in [0.4, 0.5) is 8.78 Å². The van der Waals surface area contributed by atoms with Crippen molar-refractivity contribution in [2.45, 2.75) is 76.7 Å². The largest absolute Gasteiger partial charge is 0.393 e. The summed E-state index contributed by atoms with van der Waals surface area (Å²) in [6.45, 7) is 2.12. The minimum absolute atomic E-state index is 0.00721. The molecule has 0 aliphatic heterocycles. The Morgan fingerprint density at radius 2 is 1.82 bits per heavy atom. The molecule has 0 aromatic rings. The molecule has 2 aliphatic carbocycles. The summed E-state index contributed by atoms with van der Waals surface area (Å²) >= 11 is 0. The summed E-state index contributed by atoms with van der Waals surface area (Å²) in [7, 11) is 0. The number of aliphatic hydroxyl groups excluding tert-OH is 1. The molecule has 2 unspecified atom stereocenters. The molecule has 2 atom stereocenters. The van der Waals surface area contributed by atoms with Gasteiger partial charge in [-0.05, 0) is 43.4 Å². The van der Waals surface area contributed by atoms with Crippen molar-refractivity contribution in [1.29, 1.82) is 0 Å². The fourth-order valence-electron chi connectivity index (χ4n) is 3.59. The summed E-state index contributed by atoms with van der Waals surface area (Å²) in [6.07, 6.45) is 6.15. The van der Waals surface area contributed by atoms with E-state index in [1.807, 2.05) is 0 Å². The van der Waals surface area contributed by atoms with Crippen LogP contribution in [-0.2, 0) is 0 Å². The number of hydrogen-bond donors (Lipinski definition) is 1. The Bertz CT molecular complexity index is 259. The molecule has 0 heterocycles. The van der Waals surface area contributed by atoms with Crippen LogP contribution in [0.1, 0.15) is 64.7 Å². The van der Waals surface area contributed by atoms with Gasteiger partial charge in [-0.15, -0.1) is 0 Å². The smallest absolute Gasteiger partial charge is 0.248 e. The van der Waals surface area contributed by atoms with Crippen LogP contribution in [0.15, 0.2) is 0 Å². The number of aliphatic hydroxyl groups is 1. The Labute approximate surface area is 103 Å². The Morgan fingerprint density at radius 3 is 2.41 bits per heavy atom. The zero-order valence-electron chi connectivity index (χ0n) is 10.7. The quantitative estimate of drug-likeness (QED) is 0.793. The summed E-state index contributed by atoms with van der Waals surface area (Å²) in [4.78, 5) is 0. The average molecular weight is 246 g/mol. The van der Waals surface area contributed by atoms with Crippen molar-refractivity contribution in [3.05, 3.63) is 0 Å². The number of rotatable bonds is 3. The van der Waals surface area contributed by atoms with E-state index in [9.17, 15) is 13.9 Å². The van der Waals surface area contributed by atoms with E-state index >= 15 is 0 Å². The minimum atomic E-state index is -2.49. The Hall–Kier alpha value is -0.180. The molecular formula is C14H24F2O. The van der Waals surface area contributed by atoms with Crippen molar-refractivity contribution in [2.75, 3.05) is 0 Å². The highest BCUT2D eigenvalue weighted by molar-refractivity contribution is 4.89. The Morgan fingerprint density at radius 1 is 1.18 bits per heavy atom. The van der Waals surface area contributed by atoms with Gasteiger partial charge in [-0.2, -0.15) is 0 Å². The van der Waals surface area contributed by atoms with Gasteiger partial charge in [0.25, 0.3) is 0 Å². The third kappa shape index (κ3) is 3.18. The van der Waals surface area contributed by atoms with E-state index in [2.05, 4.69) is 6.92 Å². The molecule has 0 amide bonds. The van der Waals surface area contributed by atoms with Crippen LogP contribution in [0.5, 0.6) is 0 Å².